The Hall–Kier alpha value is -1.64. The van der Waals surface area contributed by atoms with Crippen molar-refractivity contribution < 1.29 is 9.59 Å². The number of amides is 1. The fraction of sp³-hybridized carbons (Fsp3) is 0.467. The summed E-state index contributed by atoms with van der Waals surface area (Å²) in [5.41, 5.74) is 6.21. The van der Waals surface area contributed by atoms with E-state index in [9.17, 15) is 9.59 Å². The third kappa shape index (κ3) is 1.65. The van der Waals surface area contributed by atoms with Gasteiger partial charge in [0, 0.05) is 11.5 Å². The number of fused-ring (bicyclic) bond motifs is 2. The number of nitrogens with two attached hydrogens (primary N) is 1. The fourth-order valence-corrected chi connectivity index (χ4v) is 3.87. The lowest BCUT2D eigenvalue weighted by Gasteiger charge is -2.27. The Bertz CT molecular complexity index is 483. The Balaban J connectivity index is 1.91. The minimum atomic E-state index is -0.295. The third-order valence-corrected chi connectivity index (χ3v) is 4.61. The van der Waals surface area contributed by atoms with Crippen LogP contribution in [0, 0.1) is 23.7 Å². The van der Waals surface area contributed by atoms with Gasteiger partial charge < -0.3 is 5.73 Å². The quantitative estimate of drug-likeness (QED) is 0.825. The lowest BCUT2D eigenvalue weighted by Crippen LogP contribution is -2.38. The van der Waals surface area contributed by atoms with E-state index in [1.807, 2.05) is 30.3 Å². The second-order valence-electron chi connectivity index (χ2n) is 5.52. The Labute approximate surface area is 106 Å². The van der Waals surface area contributed by atoms with Crippen molar-refractivity contribution in [2.24, 2.45) is 29.4 Å². The summed E-state index contributed by atoms with van der Waals surface area (Å²) < 4.78 is 0. The fourth-order valence-electron chi connectivity index (χ4n) is 3.87. The zero-order chi connectivity index (χ0) is 12.7. The minimum absolute atomic E-state index is 0.103. The van der Waals surface area contributed by atoms with Gasteiger partial charge in [0.15, 0.2) is 5.78 Å². The normalized spacial score (nSPS) is 33.6. The molecule has 0 radical (unpaired) electrons. The number of benzene rings is 1. The van der Waals surface area contributed by atoms with Crippen LogP contribution in [0.5, 0.6) is 0 Å². The smallest absolute Gasteiger partial charge is 0.221 e. The minimum Gasteiger partial charge on any atom is -0.369 e. The van der Waals surface area contributed by atoms with E-state index in [4.69, 9.17) is 5.73 Å². The molecule has 1 aromatic rings. The number of hydrogen-bond donors (Lipinski definition) is 1. The van der Waals surface area contributed by atoms with Crippen LogP contribution in [0.1, 0.15) is 29.6 Å². The van der Waals surface area contributed by atoms with E-state index in [0.29, 0.717) is 17.4 Å². The van der Waals surface area contributed by atoms with Gasteiger partial charge in [-0.05, 0) is 31.1 Å². The molecule has 3 nitrogen and oxygen atoms in total. The van der Waals surface area contributed by atoms with Crippen LogP contribution in [-0.4, -0.2) is 11.7 Å². The number of carbonyl (C=O) groups is 2. The summed E-state index contributed by atoms with van der Waals surface area (Å²) in [6.45, 7) is 0. The van der Waals surface area contributed by atoms with Crippen LogP contribution >= 0.6 is 0 Å². The van der Waals surface area contributed by atoms with Crippen molar-refractivity contribution in [2.45, 2.75) is 19.3 Å². The molecule has 3 rings (SSSR count). The molecule has 2 fully saturated rings. The number of ketones is 1. The van der Waals surface area contributed by atoms with Crippen LogP contribution in [-0.2, 0) is 4.79 Å². The van der Waals surface area contributed by atoms with E-state index in [1.165, 1.54) is 0 Å². The van der Waals surface area contributed by atoms with E-state index >= 15 is 0 Å². The van der Waals surface area contributed by atoms with Gasteiger partial charge in [0.25, 0.3) is 0 Å². The molecule has 2 N–H and O–H groups in total. The first-order chi connectivity index (χ1) is 8.68. The molecule has 0 spiro atoms. The molecule has 0 unspecified atom stereocenters. The SMILES string of the molecule is NC(=O)[C@H]1[C@H]2CC[C@H](C2)[C@@H]1C(=O)c1ccccc1. The molecule has 0 saturated heterocycles. The van der Waals surface area contributed by atoms with Gasteiger partial charge in [-0.2, -0.15) is 0 Å². The molecule has 1 amide bonds. The Kier molecular flexibility index (Phi) is 2.69. The van der Waals surface area contributed by atoms with Crippen molar-refractivity contribution in [1.29, 1.82) is 0 Å². The van der Waals surface area contributed by atoms with Crippen molar-refractivity contribution in [3.8, 4) is 0 Å². The summed E-state index contributed by atoms with van der Waals surface area (Å²) in [4.78, 5) is 24.2. The van der Waals surface area contributed by atoms with Gasteiger partial charge in [0.05, 0.1) is 5.92 Å². The number of hydrogen-bond acceptors (Lipinski definition) is 2. The first-order valence-electron chi connectivity index (χ1n) is 6.57. The molecule has 94 valence electrons. The second kappa shape index (κ2) is 4.23. The highest BCUT2D eigenvalue weighted by Gasteiger charge is 2.52. The molecular formula is C15H17NO2. The van der Waals surface area contributed by atoms with E-state index in [1.54, 1.807) is 0 Å². The van der Waals surface area contributed by atoms with Gasteiger partial charge >= 0.3 is 0 Å². The molecule has 3 heteroatoms. The zero-order valence-corrected chi connectivity index (χ0v) is 10.2. The van der Waals surface area contributed by atoms with E-state index < -0.39 is 0 Å². The van der Waals surface area contributed by atoms with Crippen LogP contribution in [0.15, 0.2) is 30.3 Å². The summed E-state index contributed by atoms with van der Waals surface area (Å²) in [6.07, 6.45) is 3.12. The van der Waals surface area contributed by atoms with Crippen molar-refractivity contribution in [2.75, 3.05) is 0 Å². The predicted molar refractivity (Wildman–Crippen MR) is 67.8 cm³/mol. The van der Waals surface area contributed by atoms with Crippen molar-refractivity contribution in [1.82, 2.24) is 0 Å². The summed E-state index contributed by atoms with van der Waals surface area (Å²) in [7, 11) is 0. The average Bonchev–Trinajstić information content (AvgIpc) is 2.99. The van der Waals surface area contributed by atoms with Gasteiger partial charge in [0.1, 0.15) is 0 Å². The lowest BCUT2D eigenvalue weighted by atomic mass is 9.75. The lowest BCUT2D eigenvalue weighted by molar-refractivity contribution is -0.124. The first-order valence-corrected chi connectivity index (χ1v) is 6.57. The Morgan fingerprint density at radius 2 is 1.61 bits per heavy atom. The van der Waals surface area contributed by atoms with Crippen molar-refractivity contribution in [3.63, 3.8) is 0 Å². The molecule has 2 bridgehead atoms. The molecule has 0 heterocycles. The number of rotatable bonds is 3. The van der Waals surface area contributed by atoms with E-state index in [0.717, 1.165) is 19.3 Å². The van der Waals surface area contributed by atoms with Crippen molar-refractivity contribution >= 4 is 11.7 Å². The maximum atomic E-state index is 12.5. The summed E-state index contributed by atoms with van der Waals surface area (Å²) >= 11 is 0. The van der Waals surface area contributed by atoms with Gasteiger partial charge in [-0.15, -0.1) is 0 Å². The zero-order valence-electron chi connectivity index (χ0n) is 10.2. The second-order valence-corrected chi connectivity index (χ2v) is 5.52. The topological polar surface area (TPSA) is 60.2 Å². The molecule has 2 saturated carbocycles. The highest BCUT2D eigenvalue weighted by Crippen LogP contribution is 2.53. The molecule has 0 aliphatic heterocycles. The maximum Gasteiger partial charge on any atom is 0.221 e. The first kappa shape index (κ1) is 11.5. The largest absolute Gasteiger partial charge is 0.369 e. The molecule has 4 atom stereocenters. The van der Waals surface area contributed by atoms with Crippen LogP contribution in [0.25, 0.3) is 0 Å². The van der Waals surface area contributed by atoms with Crippen LogP contribution in [0.4, 0.5) is 0 Å². The molecule has 1 aromatic carbocycles. The third-order valence-electron chi connectivity index (χ3n) is 4.61. The van der Waals surface area contributed by atoms with Crippen LogP contribution < -0.4 is 5.73 Å². The van der Waals surface area contributed by atoms with Crippen LogP contribution in [0.3, 0.4) is 0 Å². The van der Waals surface area contributed by atoms with E-state index in [2.05, 4.69) is 0 Å². The average molecular weight is 243 g/mol. The predicted octanol–water partition coefficient (Wildman–Crippen LogP) is 2.02. The van der Waals surface area contributed by atoms with Gasteiger partial charge in [0.2, 0.25) is 5.91 Å². The monoisotopic (exact) mass is 243 g/mol. The molecule has 18 heavy (non-hydrogen) atoms. The van der Waals surface area contributed by atoms with Crippen molar-refractivity contribution in [3.05, 3.63) is 35.9 Å². The molecule has 2 aliphatic rings. The Morgan fingerprint density at radius 3 is 2.22 bits per heavy atom. The van der Waals surface area contributed by atoms with Crippen LogP contribution in [0.2, 0.25) is 0 Å². The highest BCUT2D eigenvalue weighted by atomic mass is 16.1. The Morgan fingerprint density at radius 1 is 1.00 bits per heavy atom. The molecule has 2 aliphatic carbocycles. The van der Waals surface area contributed by atoms with E-state index in [-0.39, 0.29) is 23.5 Å². The molecular weight excluding hydrogens is 226 g/mol. The number of carbonyl (C=O) groups excluding carboxylic acids is 2. The summed E-state index contributed by atoms with van der Waals surface area (Å²) in [6, 6.07) is 9.27. The standard InChI is InChI=1S/C15H17NO2/c16-15(18)13-11-7-6-10(8-11)12(13)14(17)9-4-2-1-3-5-9/h1-5,10-13H,6-8H2,(H2,16,18)/t10-,11+,12+,13+/m1/s1. The van der Waals surface area contributed by atoms with Gasteiger partial charge in [-0.25, -0.2) is 0 Å². The maximum absolute atomic E-state index is 12.5. The summed E-state index contributed by atoms with van der Waals surface area (Å²) in [5, 5.41) is 0. The summed E-state index contributed by atoms with van der Waals surface area (Å²) in [5.74, 6) is 0.0913. The van der Waals surface area contributed by atoms with Gasteiger partial charge in [-0.3, -0.25) is 9.59 Å². The van der Waals surface area contributed by atoms with Gasteiger partial charge in [-0.1, -0.05) is 30.3 Å². The molecule has 0 aromatic heterocycles. The number of primary amides is 1. The highest BCUT2D eigenvalue weighted by molar-refractivity contribution is 6.01. The number of Topliss-reactive ketones (excluding diaryl/α,β-unsaturated/α-hetero) is 1.